The topological polar surface area (TPSA) is 26.9 Å². The molecule has 3 aromatic rings. The van der Waals surface area contributed by atoms with Gasteiger partial charge in [-0.05, 0) is 42.0 Å². The monoisotopic (exact) mass is 304 g/mol. The SMILES string of the molecule is O=c1n(Cc2ccc(C3CCC3)cc2)ccn1-c1ccccc1. The van der Waals surface area contributed by atoms with Crippen LogP contribution in [0.5, 0.6) is 0 Å². The third kappa shape index (κ3) is 2.74. The predicted octanol–water partition coefficient (Wildman–Crippen LogP) is 3.95. The normalized spacial score (nSPS) is 14.6. The molecular formula is C20H20N2O. The summed E-state index contributed by atoms with van der Waals surface area (Å²) in [6.45, 7) is 0.615. The van der Waals surface area contributed by atoms with Gasteiger partial charge in [-0.15, -0.1) is 0 Å². The van der Waals surface area contributed by atoms with Crippen molar-refractivity contribution in [2.45, 2.75) is 31.7 Å². The fraction of sp³-hybridized carbons (Fsp3) is 0.250. The van der Waals surface area contributed by atoms with Gasteiger partial charge in [-0.2, -0.15) is 0 Å². The maximum atomic E-state index is 12.5. The largest absolute Gasteiger partial charge is 0.333 e. The summed E-state index contributed by atoms with van der Waals surface area (Å²) in [6.07, 6.45) is 7.68. The molecule has 116 valence electrons. The molecule has 0 aliphatic heterocycles. The van der Waals surface area contributed by atoms with Gasteiger partial charge in [0, 0.05) is 12.4 Å². The molecule has 0 atom stereocenters. The number of para-hydroxylation sites is 1. The lowest BCUT2D eigenvalue weighted by atomic mass is 9.80. The van der Waals surface area contributed by atoms with Crippen molar-refractivity contribution in [1.82, 2.24) is 9.13 Å². The Morgan fingerprint density at radius 2 is 1.65 bits per heavy atom. The lowest BCUT2D eigenvalue weighted by Crippen LogP contribution is -2.23. The summed E-state index contributed by atoms with van der Waals surface area (Å²) in [6, 6.07) is 18.5. The molecule has 23 heavy (non-hydrogen) atoms. The molecule has 0 bridgehead atoms. The maximum absolute atomic E-state index is 12.5. The van der Waals surface area contributed by atoms with Gasteiger partial charge in [0.2, 0.25) is 0 Å². The van der Waals surface area contributed by atoms with Crippen molar-refractivity contribution in [2.24, 2.45) is 0 Å². The summed E-state index contributed by atoms with van der Waals surface area (Å²) < 4.78 is 3.44. The van der Waals surface area contributed by atoms with E-state index < -0.39 is 0 Å². The van der Waals surface area contributed by atoms with E-state index in [1.165, 1.54) is 30.4 Å². The minimum atomic E-state index is -0.000676. The van der Waals surface area contributed by atoms with Crippen LogP contribution < -0.4 is 5.69 Å². The highest BCUT2D eigenvalue weighted by Crippen LogP contribution is 2.36. The average molecular weight is 304 g/mol. The summed E-state index contributed by atoms with van der Waals surface area (Å²) in [5, 5.41) is 0. The van der Waals surface area contributed by atoms with Gasteiger partial charge in [0.1, 0.15) is 0 Å². The number of hydrogen-bond acceptors (Lipinski definition) is 1. The summed E-state index contributed by atoms with van der Waals surface area (Å²) in [7, 11) is 0. The molecule has 0 amide bonds. The Labute approximate surface area is 135 Å². The Morgan fingerprint density at radius 1 is 0.913 bits per heavy atom. The van der Waals surface area contributed by atoms with Crippen LogP contribution in [0.2, 0.25) is 0 Å². The van der Waals surface area contributed by atoms with Crippen molar-refractivity contribution in [1.29, 1.82) is 0 Å². The van der Waals surface area contributed by atoms with Crippen LogP contribution >= 0.6 is 0 Å². The van der Waals surface area contributed by atoms with E-state index in [1.54, 1.807) is 9.13 Å². The van der Waals surface area contributed by atoms with Crippen LogP contribution in [-0.2, 0) is 6.54 Å². The van der Waals surface area contributed by atoms with Crippen LogP contribution in [-0.4, -0.2) is 9.13 Å². The van der Waals surface area contributed by atoms with Gasteiger partial charge < -0.3 is 0 Å². The molecule has 1 aliphatic carbocycles. The molecule has 1 fully saturated rings. The zero-order valence-electron chi connectivity index (χ0n) is 13.1. The van der Waals surface area contributed by atoms with Crippen molar-refractivity contribution in [3.8, 4) is 5.69 Å². The Hall–Kier alpha value is -2.55. The van der Waals surface area contributed by atoms with Crippen LogP contribution in [0.15, 0.2) is 71.8 Å². The van der Waals surface area contributed by atoms with Crippen molar-refractivity contribution in [3.05, 3.63) is 88.6 Å². The van der Waals surface area contributed by atoms with Gasteiger partial charge in [-0.3, -0.25) is 9.13 Å². The van der Waals surface area contributed by atoms with Gasteiger partial charge in [0.15, 0.2) is 0 Å². The molecular weight excluding hydrogens is 284 g/mol. The average Bonchev–Trinajstić information content (AvgIpc) is 2.89. The quantitative estimate of drug-likeness (QED) is 0.717. The molecule has 3 nitrogen and oxygen atoms in total. The van der Waals surface area contributed by atoms with E-state index in [2.05, 4.69) is 24.3 Å². The molecule has 0 unspecified atom stereocenters. The number of hydrogen-bond donors (Lipinski definition) is 0. The first-order valence-corrected chi connectivity index (χ1v) is 8.23. The van der Waals surface area contributed by atoms with Crippen molar-refractivity contribution < 1.29 is 0 Å². The molecule has 0 saturated heterocycles. The fourth-order valence-corrected chi connectivity index (χ4v) is 3.15. The second kappa shape index (κ2) is 5.92. The molecule has 0 spiro atoms. The Morgan fingerprint density at radius 3 is 2.30 bits per heavy atom. The van der Waals surface area contributed by atoms with Gasteiger partial charge in [0.25, 0.3) is 0 Å². The molecule has 1 aromatic heterocycles. The van der Waals surface area contributed by atoms with Gasteiger partial charge in [-0.25, -0.2) is 4.79 Å². The molecule has 0 N–H and O–H groups in total. The van der Waals surface area contributed by atoms with E-state index in [1.807, 2.05) is 42.7 Å². The van der Waals surface area contributed by atoms with Gasteiger partial charge >= 0.3 is 5.69 Å². The molecule has 1 saturated carbocycles. The van der Waals surface area contributed by atoms with E-state index in [4.69, 9.17) is 0 Å². The first-order chi connectivity index (χ1) is 11.3. The second-order valence-electron chi connectivity index (χ2n) is 6.28. The minimum Gasteiger partial charge on any atom is -0.294 e. The van der Waals surface area contributed by atoms with E-state index >= 15 is 0 Å². The van der Waals surface area contributed by atoms with Gasteiger partial charge in [-0.1, -0.05) is 48.9 Å². The van der Waals surface area contributed by atoms with Crippen molar-refractivity contribution >= 4 is 0 Å². The van der Waals surface area contributed by atoms with Crippen LogP contribution in [0.25, 0.3) is 5.69 Å². The fourth-order valence-electron chi connectivity index (χ4n) is 3.15. The lowest BCUT2D eigenvalue weighted by molar-refractivity contribution is 0.419. The minimum absolute atomic E-state index is 0.000676. The van der Waals surface area contributed by atoms with Crippen molar-refractivity contribution in [2.75, 3.05) is 0 Å². The Balaban J connectivity index is 1.55. The van der Waals surface area contributed by atoms with Crippen LogP contribution in [0.1, 0.15) is 36.3 Å². The number of rotatable bonds is 4. The molecule has 4 rings (SSSR count). The number of imidazole rings is 1. The predicted molar refractivity (Wildman–Crippen MR) is 92.2 cm³/mol. The third-order valence-electron chi connectivity index (χ3n) is 4.79. The lowest BCUT2D eigenvalue weighted by Gasteiger charge is -2.25. The summed E-state index contributed by atoms with van der Waals surface area (Å²) >= 11 is 0. The summed E-state index contributed by atoms with van der Waals surface area (Å²) in [5.41, 5.74) is 3.51. The second-order valence-corrected chi connectivity index (χ2v) is 6.28. The van der Waals surface area contributed by atoms with E-state index in [-0.39, 0.29) is 5.69 Å². The molecule has 1 heterocycles. The highest BCUT2D eigenvalue weighted by atomic mass is 16.1. The standard InChI is InChI=1S/C20H20N2O/c23-20-21(13-14-22(20)19-7-2-1-3-8-19)15-16-9-11-18(12-10-16)17-5-4-6-17/h1-3,7-14,17H,4-6,15H2. The summed E-state index contributed by atoms with van der Waals surface area (Å²) in [5.74, 6) is 0.755. The number of aromatic nitrogens is 2. The van der Waals surface area contributed by atoms with E-state index in [0.717, 1.165) is 11.6 Å². The highest BCUT2D eigenvalue weighted by Gasteiger charge is 2.18. The highest BCUT2D eigenvalue weighted by molar-refractivity contribution is 5.31. The molecule has 1 aliphatic rings. The summed E-state index contributed by atoms with van der Waals surface area (Å²) in [4.78, 5) is 12.5. The smallest absolute Gasteiger partial charge is 0.294 e. The zero-order valence-corrected chi connectivity index (χ0v) is 13.1. The molecule has 0 radical (unpaired) electrons. The molecule has 3 heteroatoms. The van der Waals surface area contributed by atoms with Crippen molar-refractivity contribution in [3.63, 3.8) is 0 Å². The first kappa shape index (κ1) is 14.1. The number of benzene rings is 2. The van der Waals surface area contributed by atoms with E-state index in [0.29, 0.717) is 6.54 Å². The van der Waals surface area contributed by atoms with Gasteiger partial charge in [0.05, 0.1) is 12.2 Å². The Bertz CT molecular complexity index is 839. The molecule has 2 aromatic carbocycles. The number of nitrogens with zero attached hydrogens (tertiary/aromatic N) is 2. The zero-order chi connectivity index (χ0) is 15.6. The van der Waals surface area contributed by atoms with Crippen LogP contribution in [0.3, 0.4) is 0 Å². The van der Waals surface area contributed by atoms with Crippen LogP contribution in [0.4, 0.5) is 0 Å². The Kier molecular flexibility index (Phi) is 3.62. The maximum Gasteiger partial charge on any atom is 0.333 e. The first-order valence-electron chi connectivity index (χ1n) is 8.23. The van der Waals surface area contributed by atoms with E-state index in [9.17, 15) is 4.79 Å². The third-order valence-corrected chi connectivity index (χ3v) is 4.79. The van der Waals surface area contributed by atoms with Crippen LogP contribution in [0, 0.1) is 0 Å².